The maximum absolute atomic E-state index is 13.1. The highest BCUT2D eigenvalue weighted by molar-refractivity contribution is 5.90. The van der Waals surface area contributed by atoms with Gasteiger partial charge in [-0.2, -0.15) is 0 Å². The number of esters is 12. The van der Waals surface area contributed by atoms with Crippen LogP contribution in [0.4, 0.5) is 0 Å². The van der Waals surface area contributed by atoms with E-state index in [1.54, 1.807) is 0 Å². The molecule has 0 amide bonds. The Hall–Kier alpha value is -6.36. The van der Waals surface area contributed by atoms with E-state index in [1.807, 2.05) is 69.2 Å². The van der Waals surface area contributed by atoms with Crippen molar-refractivity contribution in [1.82, 2.24) is 0 Å². The lowest BCUT2D eigenvalue weighted by molar-refractivity contribution is -0.177. The van der Waals surface area contributed by atoms with Crippen LogP contribution in [0.3, 0.4) is 0 Å². The molecular weight excluding hydrogens is 1370 g/mol. The van der Waals surface area contributed by atoms with Gasteiger partial charge in [-0.15, -0.1) is 0 Å². The fourth-order valence-electron chi connectivity index (χ4n) is 22.0. The minimum absolute atomic E-state index is 0.0221. The van der Waals surface area contributed by atoms with Gasteiger partial charge in [0.15, 0.2) is 0 Å². The highest BCUT2D eigenvalue weighted by atomic mass is 16.6. The van der Waals surface area contributed by atoms with Crippen molar-refractivity contribution in [2.75, 3.05) is 0 Å². The zero-order chi connectivity index (χ0) is 75.7. The van der Waals surface area contributed by atoms with Crippen molar-refractivity contribution in [3.05, 3.63) is 0 Å². The van der Waals surface area contributed by atoms with E-state index in [9.17, 15) is 57.5 Å². The van der Waals surface area contributed by atoms with Gasteiger partial charge in [-0.05, 0) is 174 Å². The van der Waals surface area contributed by atoms with Crippen LogP contribution in [0.25, 0.3) is 0 Å². The summed E-state index contributed by atoms with van der Waals surface area (Å²) >= 11 is 0. The second-order valence-electron chi connectivity index (χ2n) is 35.3. The minimum atomic E-state index is -0.547. The van der Waals surface area contributed by atoms with Gasteiger partial charge >= 0.3 is 71.6 Å². The average molecular weight is 1490 g/mol. The maximum atomic E-state index is 13.1. The zero-order valence-corrected chi connectivity index (χ0v) is 64.1. The molecule has 28 atom stereocenters. The van der Waals surface area contributed by atoms with Crippen molar-refractivity contribution in [2.45, 2.75) is 321 Å². The van der Waals surface area contributed by atoms with Gasteiger partial charge in [0.1, 0.15) is 71.7 Å². The summed E-state index contributed by atoms with van der Waals surface area (Å²) in [6.07, 6.45) is 20.6. The summed E-state index contributed by atoms with van der Waals surface area (Å²) < 4.78 is 68.7. The summed E-state index contributed by atoms with van der Waals surface area (Å²) in [6, 6.07) is 0. The quantitative estimate of drug-likeness (QED) is 0.0761. The van der Waals surface area contributed by atoms with Crippen molar-refractivity contribution in [1.29, 1.82) is 0 Å². The average Bonchev–Trinajstić information content (AvgIpc) is 1.57. The van der Waals surface area contributed by atoms with E-state index in [-0.39, 0.29) is 160 Å². The van der Waals surface area contributed by atoms with E-state index < -0.39 is 101 Å². The first-order valence-electron chi connectivity index (χ1n) is 41.1. The first-order chi connectivity index (χ1) is 50.6. The van der Waals surface area contributed by atoms with E-state index in [4.69, 9.17) is 56.8 Å². The standard InChI is InChI=1S/2C21H30O6.2C20H28O6/c1-4-11(2)18(22)25-16-13-10-12-14(19(23)26-17(12)16)15(13)20(24)27-21(3)8-6-5-7-9-21;1-4-11(3)18(22)25-16-13-10-12-14(19(23)26-17(12)16)15(13)20(24)27-21(5-2)8-6-7-9-21;1-4-10(2)17(21)24-15-12-9-11-13(18(22)25-16(11)15)14(12)19(23)26-20(3)7-5-6-8-20;1-3-10(2)18(21)25-16-12-9-13-15(20(23)26-17(13)16)14(12)19(22)24-11-7-5-4-6-8-11/h2*11-17H,4-10H2,1-3H3;10-16H,4-9H2,1-3H3;10-17H,3-9H2,1-2H3. The van der Waals surface area contributed by atoms with Crippen molar-refractivity contribution in [2.24, 2.45) is 118 Å². The summed E-state index contributed by atoms with van der Waals surface area (Å²) in [7, 11) is 0. The fraction of sp³-hybridized carbons (Fsp3) is 0.854. The second-order valence-corrected chi connectivity index (χ2v) is 35.3. The molecule has 0 N–H and O–H groups in total. The molecule has 0 aromatic heterocycles. The van der Waals surface area contributed by atoms with Crippen LogP contribution in [0, 0.1) is 118 Å². The van der Waals surface area contributed by atoms with Crippen molar-refractivity contribution >= 4 is 71.6 Å². The molecule has 0 radical (unpaired) electrons. The normalized spacial score (nSPS) is 39.7. The first kappa shape index (κ1) is 77.8. The van der Waals surface area contributed by atoms with Crippen LogP contribution >= 0.6 is 0 Å². The number of hydrogen-bond donors (Lipinski definition) is 0. The molecule has 0 spiro atoms. The summed E-state index contributed by atoms with van der Waals surface area (Å²) in [5, 5.41) is 0. The van der Waals surface area contributed by atoms with E-state index >= 15 is 0 Å². The molecule has 0 aromatic carbocycles. The molecule has 28 unspecified atom stereocenters. The molecule has 106 heavy (non-hydrogen) atoms. The van der Waals surface area contributed by atoms with Crippen molar-refractivity contribution in [3.63, 3.8) is 0 Å². The van der Waals surface area contributed by atoms with Gasteiger partial charge in [-0.3, -0.25) is 57.5 Å². The largest absolute Gasteiger partial charge is 0.462 e. The molecular formula is C82H116O24. The van der Waals surface area contributed by atoms with E-state index in [1.165, 1.54) is 12.8 Å². The van der Waals surface area contributed by atoms with Gasteiger partial charge in [0.05, 0.1) is 71.0 Å². The van der Waals surface area contributed by atoms with E-state index in [2.05, 4.69) is 6.92 Å². The van der Waals surface area contributed by atoms with Gasteiger partial charge in [0.2, 0.25) is 0 Å². The number of rotatable bonds is 21. The Morgan fingerprint density at radius 3 is 0.906 bits per heavy atom. The van der Waals surface area contributed by atoms with Gasteiger partial charge in [-0.1, -0.05) is 75.2 Å². The second kappa shape index (κ2) is 31.2. The van der Waals surface area contributed by atoms with Gasteiger partial charge < -0.3 is 56.8 Å². The summed E-state index contributed by atoms with van der Waals surface area (Å²) in [5.74, 6) is -9.10. The molecule has 16 rings (SSSR count). The molecule has 24 nitrogen and oxygen atoms in total. The first-order valence-corrected chi connectivity index (χ1v) is 41.1. The molecule has 8 bridgehead atoms. The lowest BCUT2D eigenvalue weighted by Gasteiger charge is -2.36. The molecule has 0 aromatic rings. The number of ether oxygens (including phenoxy) is 12. The molecule has 16 fully saturated rings. The molecule has 588 valence electrons. The smallest absolute Gasteiger partial charge is 0.310 e. The number of carbonyl (C=O) groups excluding carboxylic acids is 12. The summed E-state index contributed by atoms with van der Waals surface area (Å²) in [6.45, 7) is 21.1. The Kier molecular flexibility index (Phi) is 22.9. The molecule has 12 aliphatic carbocycles. The predicted octanol–water partition coefficient (Wildman–Crippen LogP) is 11.3. The molecule has 4 aliphatic heterocycles. The lowest BCUT2D eigenvalue weighted by atomic mass is 9.78. The third-order valence-corrected chi connectivity index (χ3v) is 28.9. The lowest BCUT2D eigenvalue weighted by Crippen LogP contribution is -2.46. The third-order valence-electron chi connectivity index (χ3n) is 28.9. The zero-order valence-electron chi connectivity index (χ0n) is 64.1. The van der Waals surface area contributed by atoms with Crippen LogP contribution < -0.4 is 0 Å². The highest BCUT2D eigenvalue weighted by Gasteiger charge is 2.74. The van der Waals surface area contributed by atoms with E-state index in [0.717, 1.165) is 109 Å². The van der Waals surface area contributed by atoms with Crippen LogP contribution in [0.2, 0.25) is 0 Å². The summed E-state index contributed by atoms with van der Waals surface area (Å²) in [5.41, 5.74) is -1.25. The molecule has 4 heterocycles. The Bertz CT molecular complexity index is 3350. The molecule has 16 aliphatic rings. The number of hydrogen-bond acceptors (Lipinski definition) is 24. The van der Waals surface area contributed by atoms with Crippen LogP contribution in [-0.2, 0) is 114 Å². The minimum Gasteiger partial charge on any atom is -0.462 e. The van der Waals surface area contributed by atoms with Crippen molar-refractivity contribution < 1.29 is 114 Å². The fourth-order valence-corrected chi connectivity index (χ4v) is 22.0. The number of carbonyl (C=O) groups is 12. The van der Waals surface area contributed by atoms with Gasteiger partial charge in [0.25, 0.3) is 0 Å². The SMILES string of the molecule is CCC(C)C(=O)OC1C2CC3C1OC(=O)C3C2C(=O)OC1(C)CCCC1.CCC(C)C(=O)OC1C2CC3C1OC(=O)C3C2C(=O)OC1(C)CCCCC1.CCC(C)C(=O)OC1C2CC3C1OC(=O)C3C2C(=O)OC1(CC)CCCC1.CCC(C)C(=O)OC1C2CC3C1OC(=O)C3C2C(=O)OC1CCCCC1. The van der Waals surface area contributed by atoms with Crippen LogP contribution in [0.1, 0.15) is 250 Å². The van der Waals surface area contributed by atoms with Crippen molar-refractivity contribution in [3.8, 4) is 0 Å². The predicted molar refractivity (Wildman–Crippen MR) is 372 cm³/mol. The van der Waals surface area contributed by atoms with Crippen LogP contribution in [-0.4, -0.2) is 143 Å². The van der Waals surface area contributed by atoms with Gasteiger partial charge in [0, 0.05) is 47.3 Å². The van der Waals surface area contributed by atoms with E-state index in [0.29, 0.717) is 51.4 Å². The monoisotopic (exact) mass is 1480 g/mol. The van der Waals surface area contributed by atoms with Crippen LogP contribution in [0.5, 0.6) is 0 Å². The third kappa shape index (κ3) is 14.4. The Labute approximate surface area is 623 Å². The topological polar surface area (TPSA) is 316 Å². The molecule has 4 saturated heterocycles. The Morgan fingerprint density at radius 2 is 0.613 bits per heavy atom. The van der Waals surface area contributed by atoms with Crippen LogP contribution in [0.15, 0.2) is 0 Å². The number of fused-ring (bicyclic) bond motifs is 4. The maximum Gasteiger partial charge on any atom is 0.310 e. The highest BCUT2D eigenvalue weighted by Crippen LogP contribution is 2.64. The molecule has 24 heteroatoms. The van der Waals surface area contributed by atoms with Gasteiger partial charge in [-0.25, -0.2) is 0 Å². The Morgan fingerprint density at radius 1 is 0.349 bits per heavy atom. The summed E-state index contributed by atoms with van der Waals surface area (Å²) in [4.78, 5) is 151. The Balaban J connectivity index is 0.000000125. The molecule has 12 saturated carbocycles.